The Balaban J connectivity index is 2.01. The van der Waals surface area contributed by atoms with Crippen LogP contribution >= 0.6 is 15.9 Å². The highest BCUT2D eigenvalue weighted by atomic mass is 79.9. The SMILES string of the molecule is O=c1c2ccccc2c(Br)c(-c2ccccc2)n1Cc1ccc(F)cc1. The number of pyridine rings is 1. The maximum Gasteiger partial charge on any atom is 0.259 e. The van der Waals surface area contributed by atoms with E-state index < -0.39 is 0 Å². The molecule has 0 radical (unpaired) electrons. The van der Waals surface area contributed by atoms with Gasteiger partial charge in [-0.3, -0.25) is 4.79 Å². The molecule has 4 rings (SSSR count). The van der Waals surface area contributed by atoms with Crippen molar-refractivity contribution in [3.05, 3.63) is 105 Å². The van der Waals surface area contributed by atoms with Gasteiger partial charge in [0, 0.05) is 15.2 Å². The fourth-order valence-electron chi connectivity index (χ4n) is 3.16. The lowest BCUT2D eigenvalue weighted by Crippen LogP contribution is -2.23. The zero-order valence-electron chi connectivity index (χ0n) is 13.8. The molecule has 1 heterocycles. The van der Waals surface area contributed by atoms with Crippen molar-refractivity contribution in [2.45, 2.75) is 6.54 Å². The van der Waals surface area contributed by atoms with E-state index in [-0.39, 0.29) is 11.4 Å². The molecular formula is C22H15BrFNO. The number of hydrogen-bond acceptors (Lipinski definition) is 1. The van der Waals surface area contributed by atoms with Crippen molar-refractivity contribution in [1.29, 1.82) is 0 Å². The van der Waals surface area contributed by atoms with Gasteiger partial charge < -0.3 is 4.57 Å². The van der Waals surface area contributed by atoms with Crippen molar-refractivity contribution in [2.75, 3.05) is 0 Å². The van der Waals surface area contributed by atoms with Crippen LogP contribution in [-0.4, -0.2) is 4.57 Å². The van der Waals surface area contributed by atoms with E-state index in [2.05, 4.69) is 15.9 Å². The van der Waals surface area contributed by atoms with Crippen molar-refractivity contribution >= 4 is 26.7 Å². The average molecular weight is 408 g/mol. The van der Waals surface area contributed by atoms with E-state index in [0.29, 0.717) is 11.9 Å². The van der Waals surface area contributed by atoms with E-state index in [1.807, 2.05) is 54.6 Å². The van der Waals surface area contributed by atoms with Crippen molar-refractivity contribution in [2.24, 2.45) is 0 Å². The summed E-state index contributed by atoms with van der Waals surface area (Å²) < 4.78 is 15.9. The summed E-state index contributed by atoms with van der Waals surface area (Å²) in [4.78, 5) is 13.2. The third-order valence-electron chi connectivity index (χ3n) is 4.42. The summed E-state index contributed by atoms with van der Waals surface area (Å²) in [6.45, 7) is 0.368. The minimum absolute atomic E-state index is 0.0630. The van der Waals surface area contributed by atoms with E-state index in [9.17, 15) is 9.18 Å². The summed E-state index contributed by atoms with van der Waals surface area (Å²) in [7, 11) is 0. The van der Waals surface area contributed by atoms with Crippen molar-refractivity contribution in [1.82, 2.24) is 4.57 Å². The molecule has 0 saturated carbocycles. The molecule has 0 aliphatic rings. The Morgan fingerprint density at radius 3 is 2.12 bits per heavy atom. The number of hydrogen-bond donors (Lipinski definition) is 0. The lowest BCUT2D eigenvalue weighted by atomic mass is 10.1. The minimum atomic E-state index is -0.288. The lowest BCUT2D eigenvalue weighted by Gasteiger charge is -2.17. The van der Waals surface area contributed by atoms with Gasteiger partial charge in [-0.05, 0) is 45.3 Å². The van der Waals surface area contributed by atoms with E-state index in [0.717, 1.165) is 26.7 Å². The largest absolute Gasteiger partial charge is 0.302 e. The summed E-state index contributed by atoms with van der Waals surface area (Å²) in [5.41, 5.74) is 2.57. The molecule has 3 aromatic carbocycles. The Hall–Kier alpha value is -2.72. The summed E-state index contributed by atoms with van der Waals surface area (Å²) in [5, 5.41) is 1.54. The van der Waals surface area contributed by atoms with Gasteiger partial charge in [0.25, 0.3) is 5.56 Å². The van der Waals surface area contributed by atoms with Gasteiger partial charge in [0.15, 0.2) is 0 Å². The van der Waals surface area contributed by atoms with Crippen LogP contribution in [0, 0.1) is 5.82 Å². The zero-order valence-corrected chi connectivity index (χ0v) is 15.4. The molecule has 0 unspecified atom stereocenters. The van der Waals surface area contributed by atoms with E-state index in [4.69, 9.17) is 0 Å². The van der Waals surface area contributed by atoms with Crippen molar-refractivity contribution in [3.63, 3.8) is 0 Å². The molecule has 0 saturated heterocycles. The normalized spacial score (nSPS) is 11.0. The second-order valence-corrected chi connectivity index (χ2v) is 6.88. The quantitative estimate of drug-likeness (QED) is 0.432. The summed E-state index contributed by atoms with van der Waals surface area (Å²) >= 11 is 3.71. The van der Waals surface area contributed by atoms with Crippen LogP contribution in [0.4, 0.5) is 4.39 Å². The number of fused-ring (bicyclic) bond motifs is 1. The third-order valence-corrected chi connectivity index (χ3v) is 5.22. The standard InChI is InChI=1S/C22H15BrFNO/c23-20-18-8-4-5-9-19(18)22(26)25(14-15-10-12-17(24)13-11-15)21(20)16-6-2-1-3-7-16/h1-13H,14H2. The molecule has 0 amide bonds. The first-order chi connectivity index (χ1) is 12.6. The van der Waals surface area contributed by atoms with Gasteiger partial charge in [-0.2, -0.15) is 0 Å². The van der Waals surface area contributed by atoms with Crippen LogP contribution in [0.5, 0.6) is 0 Å². The van der Waals surface area contributed by atoms with Crippen molar-refractivity contribution < 1.29 is 4.39 Å². The molecule has 0 aliphatic heterocycles. The fraction of sp³-hybridized carbons (Fsp3) is 0.0455. The maximum atomic E-state index is 13.2. The molecule has 0 spiro atoms. The number of rotatable bonds is 3. The van der Waals surface area contributed by atoms with E-state index in [1.165, 1.54) is 12.1 Å². The molecular weight excluding hydrogens is 393 g/mol. The maximum absolute atomic E-state index is 13.2. The first-order valence-corrected chi connectivity index (χ1v) is 9.05. The fourth-order valence-corrected chi connectivity index (χ4v) is 3.94. The first-order valence-electron chi connectivity index (χ1n) is 8.26. The highest BCUT2D eigenvalue weighted by Crippen LogP contribution is 2.33. The molecule has 4 aromatic rings. The topological polar surface area (TPSA) is 22.0 Å². The second kappa shape index (κ2) is 6.89. The van der Waals surface area contributed by atoms with Crippen LogP contribution in [0.3, 0.4) is 0 Å². The van der Waals surface area contributed by atoms with Crippen LogP contribution in [0.1, 0.15) is 5.56 Å². The Kier molecular flexibility index (Phi) is 4.43. The van der Waals surface area contributed by atoms with Gasteiger partial charge >= 0.3 is 0 Å². The van der Waals surface area contributed by atoms with Crippen molar-refractivity contribution in [3.8, 4) is 11.3 Å². The predicted molar refractivity (Wildman–Crippen MR) is 107 cm³/mol. The highest BCUT2D eigenvalue weighted by molar-refractivity contribution is 9.10. The summed E-state index contributed by atoms with van der Waals surface area (Å²) in [6, 6.07) is 23.6. The minimum Gasteiger partial charge on any atom is -0.302 e. The molecule has 2 nitrogen and oxygen atoms in total. The van der Waals surface area contributed by atoms with Gasteiger partial charge in [0.05, 0.1) is 12.2 Å². The van der Waals surface area contributed by atoms with Gasteiger partial charge in [-0.25, -0.2) is 4.39 Å². The van der Waals surface area contributed by atoms with Crippen LogP contribution in [0.2, 0.25) is 0 Å². The molecule has 128 valence electrons. The predicted octanol–water partition coefficient (Wildman–Crippen LogP) is 5.62. The van der Waals surface area contributed by atoms with Gasteiger partial charge in [-0.15, -0.1) is 0 Å². The molecule has 26 heavy (non-hydrogen) atoms. The monoisotopic (exact) mass is 407 g/mol. The van der Waals surface area contributed by atoms with Gasteiger partial charge in [-0.1, -0.05) is 60.7 Å². The Bertz CT molecular complexity index is 1130. The first kappa shape index (κ1) is 16.7. The Morgan fingerprint density at radius 2 is 1.42 bits per heavy atom. The molecule has 0 atom stereocenters. The number of aromatic nitrogens is 1. The van der Waals surface area contributed by atoms with Gasteiger partial charge in [0.2, 0.25) is 0 Å². The molecule has 4 heteroatoms. The molecule has 0 bridgehead atoms. The number of benzene rings is 3. The Morgan fingerprint density at radius 1 is 0.808 bits per heavy atom. The van der Waals surface area contributed by atoms with E-state index in [1.54, 1.807) is 16.7 Å². The molecule has 0 aliphatic carbocycles. The summed E-state index contributed by atoms with van der Waals surface area (Å²) in [5.74, 6) is -0.288. The number of nitrogens with zero attached hydrogens (tertiary/aromatic N) is 1. The van der Waals surface area contributed by atoms with Crippen LogP contribution in [0.25, 0.3) is 22.0 Å². The average Bonchev–Trinajstić information content (AvgIpc) is 2.68. The smallest absolute Gasteiger partial charge is 0.259 e. The van der Waals surface area contributed by atoms with E-state index >= 15 is 0 Å². The zero-order chi connectivity index (χ0) is 18.1. The molecule has 0 N–H and O–H groups in total. The van der Waals surface area contributed by atoms with Crippen LogP contribution in [-0.2, 0) is 6.54 Å². The Labute approximate surface area is 158 Å². The molecule has 1 aromatic heterocycles. The third kappa shape index (κ3) is 2.97. The second-order valence-electron chi connectivity index (χ2n) is 6.09. The molecule has 0 fully saturated rings. The highest BCUT2D eigenvalue weighted by Gasteiger charge is 2.16. The van der Waals surface area contributed by atoms with Crippen LogP contribution < -0.4 is 5.56 Å². The summed E-state index contributed by atoms with van der Waals surface area (Å²) in [6.07, 6.45) is 0. The van der Waals surface area contributed by atoms with Gasteiger partial charge in [0.1, 0.15) is 5.82 Å². The number of halogens is 2. The van der Waals surface area contributed by atoms with Crippen LogP contribution in [0.15, 0.2) is 88.1 Å². The lowest BCUT2D eigenvalue weighted by molar-refractivity contribution is 0.626.